The fourth-order valence-corrected chi connectivity index (χ4v) is 7.38. The van der Waals surface area contributed by atoms with E-state index in [-0.39, 0.29) is 19.1 Å². The lowest BCUT2D eigenvalue weighted by molar-refractivity contribution is -0.0605. The summed E-state index contributed by atoms with van der Waals surface area (Å²) in [6.45, 7) is 2.97. The molecule has 320 valence electrons. The second-order valence-corrected chi connectivity index (χ2v) is 15.9. The van der Waals surface area contributed by atoms with E-state index in [4.69, 9.17) is 18.7 Å². The van der Waals surface area contributed by atoms with Crippen molar-refractivity contribution < 1.29 is 42.3 Å². The molecule has 5 atom stereocenters. The molecule has 2 amide bonds. The van der Waals surface area contributed by atoms with Gasteiger partial charge in [0.15, 0.2) is 0 Å². The molecule has 2 heterocycles. The molecule has 0 radical (unpaired) electrons. The minimum absolute atomic E-state index is 0.0355. The number of allylic oxidation sites excluding steroid dienone is 2. The minimum Gasteiger partial charge on any atom is -0.431 e. The van der Waals surface area contributed by atoms with Crippen LogP contribution in [-0.2, 0) is 34.4 Å². The standard InChI is InChI=1S/C41H65N4O11P/c1-3-4-5-6-7-8-9-10-11-12-13-16-22-28-42-39(47)43-29-23-17-14-15-21-26-34-37(56-57(50,51)52-2)35(55-38(34)45-30-27-36(46)44-40(45)48)32-54-41(49)53-31-33-24-19-18-20-25-33/h15,18-21,24-25,27,30,34-35,37-38H,3-14,16-17,22-23,26,28-29,31-32H2,1-2H3,(H,50,51)(H2,42,43,47)(H,44,46,48)/b21-15+/t34?,35-,37-,38-/m1/s1. The highest BCUT2D eigenvalue weighted by Gasteiger charge is 2.49. The number of urea groups is 1. The lowest BCUT2D eigenvalue weighted by Crippen LogP contribution is -2.36. The molecule has 0 spiro atoms. The molecule has 1 fully saturated rings. The van der Waals surface area contributed by atoms with Crippen molar-refractivity contribution in [1.29, 1.82) is 0 Å². The number of unbranched alkanes of at least 4 members (excludes halogenated alkanes) is 14. The van der Waals surface area contributed by atoms with Crippen LogP contribution in [0.2, 0.25) is 0 Å². The quantitative estimate of drug-likeness (QED) is 0.0268. The highest BCUT2D eigenvalue weighted by Crippen LogP contribution is 2.50. The average molecular weight is 821 g/mol. The maximum Gasteiger partial charge on any atom is 0.508 e. The monoisotopic (exact) mass is 820 g/mol. The van der Waals surface area contributed by atoms with E-state index in [0.29, 0.717) is 19.5 Å². The van der Waals surface area contributed by atoms with E-state index in [1.54, 1.807) is 24.3 Å². The van der Waals surface area contributed by atoms with Crippen molar-refractivity contribution in [1.82, 2.24) is 20.2 Å². The van der Waals surface area contributed by atoms with Gasteiger partial charge in [0.2, 0.25) is 0 Å². The first-order valence-corrected chi connectivity index (χ1v) is 22.2. The molecular weight excluding hydrogens is 755 g/mol. The van der Waals surface area contributed by atoms with Crippen LogP contribution >= 0.6 is 7.82 Å². The number of rotatable bonds is 29. The topological polar surface area (TPSA) is 197 Å². The van der Waals surface area contributed by atoms with Gasteiger partial charge in [0.25, 0.3) is 5.56 Å². The Morgan fingerprint density at radius 1 is 0.860 bits per heavy atom. The van der Waals surface area contributed by atoms with E-state index in [2.05, 4.69) is 27.1 Å². The zero-order valence-corrected chi connectivity index (χ0v) is 34.7. The summed E-state index contributed by atoms with van der Waals surface area (Å²) in [5.74, 6) is -0.755. The lowest BCUT2D eigenvalue weighted by atomic mass is 9.95. The van der Waals surface area contributed by atoms with Gasteiger partial charge in [-0.3, -0.25) is 23.4 Å². The minimum atomic E-state index is -4.58. The van der Waals surface area contributed by atoms with Crippen molar-refractivity contribution in [2.75, 3.05) is 26.8 Å². The Morgan fingerprint density at radius 2 is 1.47 bits per heavy atom. The van der Waals surface area contributed by atoms with E-state index in [1.165, 1.54) is 76.8 Å². The first kappa shape index (κ1) is 47.6. The van der Waals surface area contributed by atoms with Gasteiger partial charge in [-0.05, 0) is 37.7 Å². The molecule has 3 rings (SSSR count). The summed E-state index contributed by atoms with van der Waals surface area (Å²) in [7, 11) is -3.57. The van der Waals surface area contributed by atoms with E-state index in [9.17, 15) is 28.6 Å². The van der Waals surface area contributed by atoms with Crippen LogP contribution in [-0.4, -0.2) is 65.6 Å². The summed E-state index contributed by atoms with van der Waals surface area (Å²) >= 11 is 0. The average Bonchev–Trinajstić information content (AvgIpc) is 3.52. The zero-order valence-electron chi connectivity index (χ0n) is 33.8. The summed E-state index contributed by atoms with van der Waals surface area (Å²) in [5, 5.41) is 5.83. The van der Waals surface area contributed by atoms with E-state index < -0.39 is 56.2 Å². The summed E-state index contributed by atoms with van der Waals surface area (Å²) in [5.41, 5.74) is -0.625. The van der Waals surface area contributed by atoms with E-state index in [0.717, 1.165) is 49.0 Å². The van der Waals surface area contributed by atoms with Crippen molar-refractivity contribution in [3.63, 3.8) is 0 Å². The molecule has 1 aromatic heterocycles. The normalized spacial score (nSPS) is 19.0. The van der Waals surface area contributed by atoms with Crippen LogP contribution in [0.3, 0.4) is 0 Å². The number of amides is 2. The van der Waals surface area contributed by atoms with Gasteiger partial charge in [0, 0.05) is 38.4 Å². The number of hydrogen-bond acceptors (Lipinski definition) is 10. The molecule has 2 aromatic rings. The second kappa shape index (κ2) is 27.8. The van der Waals surface area contributed by atoms with Crippen molar-refractivity contribution >= 4 is 20.0 Å². The Bertz CT molecular complexity index is 1620. The van der Waals surface area contributed by atoms with Crippen LogP contribution in [0.25, 0.3) is 0 Å². The van der Waals surface area contributed by atoms with Crippen molar-refractivity contribution in [3.05, 3.63) is 81.1 Å². The summed E-state index contributed by atoms with van der Waals surface area (Å²) < 4.78 is 40.6. The molecule has 57 heavy (non-hydrogen) atoms. The van der Waals surface area contributed by atoms with Crippen molar-refractivity contribution in [2.45, 2.75) is 141 Å². The van der Waals surface area contributed by atoms with E-state index >= 15 is 0 Å². The molecular formula is C41H65N4O11P. The molecule has 16 heteroatoms. The van der Waals surface area contributed by atoms with Crippen LogP contribution in [0.4, 0.5) is 9.59 Å². The van der Waals surface area contributed by atoms with Crippen molar-refractivity contribution in [2.24, 2.45) is 5.92 Å². The first-order chi connectivity index (χ1) is 27.6. The molecule has 0 bridgehead atoms. The first-order valence-electron chi connectivity index (χ1n) is 20.7. The molecule has 0 saturated carbocycles. The smallest absolute Gasteiger partial charge is 0.431 e. The number of nitrogens with zero attached hydrogens (tertiary/aromatic N) is 1. The highest BCUT2D eigenvalue weighted by molar-refractivity contribution is 7.47. The maximum atomic E-state index is 12.8. The van der Waals surface area contributed by atoms with E-state index in [1.807, 2.05) is 18.2 Å². The molecule has 1 saturated heterocycles. The van der Waals surface area contributed by atoms with Gasteiger partial charge in [-0.2, -0.15) is 0 Å². The third-order valence-electron chi connectivity index (χ3n) is 9.87. The number of carbonyl (C=O) groups is 2. The number of benzene rings is 1. The summed E-state index contributed by atoms with van der Waals surface area (Å²) in [6.07, 6.45) is 19.8. The van der Waals surface area contributed by atoms with Gasteiger partial charge >= 0.3 is 25.7 Å². The number of H-pyrrole nitrogens is 1. The fraction of sp³-hybridized carbons (Fsp3) is 0.659. The Labute approximate surface area is 336 Å². The fourth-order valence-electron chi connectivity index (χ4n) is 6.70. The Hall–Kier alpha value is -3.75. The maximum absolute atomic E-state index is 12.8. The second-order valence-electron chi connectivity index (χ2n) is 14.4. The van der Waals surface area contributed by atoms with Gasteiger partial charge in [-0.25, -0.2) is 18.9 Å². The predicted octanol–water partition coefficient (Wildman–Crippen LogP) is 8.04. The van der Waals surface area contributed by atoms with Gasteiger partial charge in [0.1, 0.15) is 31.6 Å². The third-order valence-corrected chi connectivity index (χ3v) is 10.8. The molecule has 1 aliphatic heterocycles. The molecule has 1 aliphatic rings. The van der Waals surface area contributed by atoms with Crippen molar-refractivity contribution in [3.8, 4) is 0 Å². The number of aromatic nitrogens is 2. The summed E-state index contributed by atoms with van der Waals surface area (Å²) in [6, 6.07) is 9.98. The Balaban J connectivity index is 1.41. The Kier molecular flexibility index (Phi) is 23.2. The Morgan fingerprint density at radius 3 is 2.09 bits per heavy atom. The summed E-state index contributed by atoms with van der Waals surface area (Å²) in [4.78, 5) is 61.7. The SMILES string of the molecule is CCCCCCCCCCCCCCCNC(=O)NCCCC/C=C/CC1[C@@H](OP(=O)(O)OC)[C@@H](COC(=O)OCc2ccccc2)O[C@H]1n1ccc(=O)[nH]c1=O. The van der Waals surface area contributed by atoms with Crippen LogP contribution < -0.4 is 21.9 Å². The molecule has 2 unspecified atom stereocenters. The van der Waals surface area contributed by atoms with Crippen LogP contribution in [0.5, 0.6) is 0 Å². The highest BCUT2D eigenvalue weighted by atomic mass is 31.2. The zero-order chi connectivity index (χ0) is 41.1. The molecule has 0 aliphatic carbocycles. The number of hydrogen-bond donors (Lipinski definition) is 4. The van der Waals surface area contributed by atoms with Crippen LogP contribution in [0.15, 0.2) is 64.3 Å². The van der Waals surface area contributed by atoms with Gasteiger partial charge in [-0.15, -0.1) is 0 Å². The van der Waals surface area contributed by atoms with Gasteiger partial charge in [0.05, 0.1) is 0 Å². The lowest BCUT2D eigenvalue weighted by Gasteiger charge is -2.25. The predicted molar refractivity (Wildman–Crippen MR) is 218 cm³/mol. The molecule has 1 aromatic carbocycles. The number of carbonyl (C=O) groups excluding carboxylic acids is 2. The number of phosphoric acid groups is 1. The molecule has 4 N–H and O–H groups in total. The number of nitrogens with one attached hydrogen (secondary N) is 3. The number of ether oxygens (including phenoxy) is 3. The molecule has 15 nitrogen and oxygen atoms in total. The van der Waals surface area contributed by atoms with Crippen LogP contribution in [0, 0.1) is 5.92 Å². The third kappa shape index (κ3) is 19.5. The largest absolute Gasteiger partial charge is 0.508 e. The number of aromatic amines is 1. The number of phosphoric ester groups is 1. The van der Waals surface area contributed by atoms with Gasteiger partial charge in [-0.1, -0.05) is 126 Å². The van der Waals surface area contributed by atoms with Crippen LogP contribution in [0.1, 0.15) is 128 Å². The van der Waals surface area contributed by atoms with Gasteiger partial charge < -0.3 is 29.7 Å².